The number of piperidine rings is 1. The highest BCUT2D eigenvalue weighted by molar-refractivity contribution is 5.21. The molecule has 0 bridgehead atoms. The minimum atomic E-state index is -0.217. The lowest BCUT2D eigenvalue weighted by Gasteiger charge is -2.35. The molecule has 126 valence electrons. The van der Waals surface area contributed by atoms with Gasteiger partial charge in [-0.05, 0) is 44.4 Å². The first kappa shape index (κ1) is 16.7. The maximum absolute atomic E-state index is 13.1. The van der Waals surface area contributed by atoms with Gasteiger partial charge in [-0.2, -0.15) is 5.26 Å². The standard InChI is InChI=1S/C19H23FN4/c1-15(16-3-5-17(20)6-4-16)24-14-22-11-18(24)12-23-9-7-19(2,13-21)8-10-23/h3-6,11,14-15H,7-10,12H2,1-2H3/t15-/m1/s1. The Morgan fingerprint density at radius 2 is 1.96 bits per heavy atom. The molecule has 1 atom stereocenters. The molecule has 24 heavy (non-hydrogen) atoms. The van der Waals surface area contributed by atoms with E-state index in [1.54, 1.807) is 0 Å². The molecule has 1 aliphatic heterocycles. The fourth-order valence-electron chi connectivity index (χ4n) is 3.25. The van der Waals surface area contributed by atoms with Gasteiger partial charge in [0.25, 0.3) is 0 Å². The Bertz CT molecular complexity index is 721. The Labute approximate surface area is 142 Å². The monoisotopic (exact) mass is 326 g/mol. The number of nitrogens with zero attached hydrogens (tertiary/aromatic N) is 4. The van der Waals surface area contributed by atoms with Crippen LogP contribution in [0.1, 0.15) is 44.0 Å². The van der Waals surface area contributed by atoms with Crippen LogP contribution in [0.25, 0.3) is 0 Å². The van der Waals surface area contributed by atoms with Gasteiger partial charge in [0.2, 0.25) is 0 Å². The first-order valence-electron chi connectivity index (χ1n) is 8.40. The maximum Gasteiger partial charge on any atom is 0.123 e. The van der Waals surface area contributed by atoms with Crippen molar-refractivity contribution in [1.82, 2.24) is 14.5 Å². The lowest BCUT2D eigenvalue weighted by Crippen LogP contribution is -2.38. The van der Waals surface area contributed by atoms with E-state index >= 15 is 0 Å². The topological polar surface area (TPSA) is 44.9 Å². The van der Waals surface area contributed by atoms with Gasteiger partial charge < -0.3 is 4.57 Å². The molecule has 1 aromatic carbocycles. The van der Waals surface area contributed by atoms with Crippen molar-refractivity contribution in [1.29, 1.82) is 5.26 Å². The highest BCUT2D eigenvalue weighted by Gasteiger charge is 2.30. The molecule has 0 aliphatic carbocycles. The number of nitriles is 1. The molecule has 1 aromatic heterocycles. The molecule has 0 unspecified atom stereocenters. The van der Waals surface area contributed by atoms with Crippen LogP contribution < -0.4 is 0 Å². The number of likely N-dealkylation sites (tertiary alicyclic amines) is 1. The van der Waals surface area contributed by atoms with Crippen molar-refractivity contribution in [3.05, 3.63) is 53.9 Å². The zero-order chi connectivity index (χ0) is 17.2. The Hall–Kier alpha value is -2.19. The second-order valence-electron chi connectivity index (χ2n) is 6.97. The van der Waals surface area contributed by atoms with Crippen LogP contribution in [0, 0.1) is 22.6 Å². The third kappa shape index (κ3) is 3.49. The van der Waals surface area contributed by atoms with Gasteiger partial charge in [0, 0.05) is 25.8 Å². The quantitative estimate of drug-likeness (QED) is 0.859. The van der Waals surface area contributed by atoms with Crippen molar-refractivity contribution < 1.29 is 4.39 Å². The summed E-state index contributed by atoms with van der Waals surface area (Å²) in [4.78, 5) is 6.69. The highest BCUT2D eigenvalue weighted by atomic mass is 19.1. The molecule has 4 nitrogen and oxygen atoms in total. The number of hydrogen-bond acceptors (Lipinski definition) is 3. The van der Waals surface area contributed by atoms with E-state index < -0.39 is 0 Å². The van der Waals surface area contributed by atoms with Gasteiger partial charge in [-0.25, -0.2) is 9.37 Å². The third-order valence-electron chi connectivity index (χ3n) is 5.13. The summed E-state index contributed by atoms with van der Waals surface area (Å²) < 4.78 is 15.3. The molecule has 0 spiro atoms. The molecule has 2 aromatic rings. The number of aromatic nitrogens is 2. The van der Waals surface area contributed by atoms with Crippen molar-refractivity contribution in [2.24, 2.45) is 5.41 Å². The predicted octanol–water partition coefficient (Wildman–Crippen LogP) is 3.76. The van der Waals surface area contributed by atoms with E-state index in [1.165, 1.54) is 12.1 Å². The summed E-state index contributed by atoms with van der Waals surface area (Å²) in [5.41, 5.74) is 2.02. The molecular formula is C19H23FN4. The normalized spacial score (nSPS) is 18.9. The molecule has 3 rings (SSSR count). The fourth-order valence-corrected chi connectivity index (χ4v) is 3.25. The summed E-state index contributed by atoms with van der Waals surface area (Å²) in [6.07, 6.45) is 5.56. The van der Waals surface area contributed by atoms with Crippen molar-refractivity contribution in [2.75, 3.05) is 13.1 Å². The molecule has 5 heteroatoms. The summed E-state index contributed by atoms with van der Waals surface area (Å²) in [6.45, 7) is 6.83. The van der Waals surface area contributed by atoms with E-state index in [4.69, 9.17) is 0 Å². The van der Waals surface area contributed by atoms with Crippen LogP contribution in [0.4, 0.5) is 4.39 Å². The van der Waals surface area contributed by atoms with Crippen LogP contribution in [0.5, 0.6) is 0 Å². The molecule has 0 saturated carbocycles. The van der Waals surface area contributed by atoms with E-state index in [1.807, 2.05) is 31.6 Å². The van der Waals surface area contributed by atoms with E-state index in [0.717, 1.165) is 43.7 Å². The molecule has 1 aliphatic rings. The largest absolute Gasteiger partial charge is 0.326 e. The van der Waals surface area contributed by atoms with Crippen LogP contribution >= 0.6 is 0 Å². The predicted molar refractivity (Wildman–Crippen MR) is 90.7 cm³/mol. The van der Waals surface area contributed by atoms with E-state index in [0.29, 0.717) is 0 Å². The molecule has 0 amide bonds. The zero-order valence-corrected chi connectivity index (χ0v) is 14.2. The van der Waals surface area contributed by atoms with E-state index in [9.17, 15) is 9.65 Å². The second-order valence-corrected chi connectivity index (χ2v) is 6.97. The smallest absolute Gasteiger partial charge is 0.123 e. The maximum atomic E-state index is 13.1. The van der Waals surface area contributed by atoms with Gasteiger partial charge in [0.05, 0.1) is 29.5 Å². The van der Waals surface area contributed by atoms with Crippen molar-refractivity contribution in [3.8, 4) is 6.07 Å². The summed E-state index contributed by atoms with van der Waals surface area (Å²) in [7, 11) is 0. The number of imidazole rings is 1. The average Bonchev–Trinajstić information content (AvgIpc) is 3.05. The Morgan fingerprint density at radius 3 is 2.58 bits per heavy atom. The fraction of sp³-hybridized carbons (Fsp3) is 0.474. The minimum Gasteiger partial charge on any atom is -0.326 e. The second kappa shape index (κ2) is 6.74. The van der Waals surface area contributed by atoms with Gasteiger partial charge >= 0.3 is 0 Å². The van der Waals surface area contributed by atoms with Crippen molar-refractivity contribution in [3.63, 3.8) is 0 Å². The number of halogens is 1. The van der Waals surface area contributed by atoms with E-state index in [-0.39, 0.29) is 17.3 Å². The first-order valence-corrected chi connectivity index (χ1v) is 8.40. The minimum absolute atomic E-state index is 0.109. The SMILES string of the molecule is C[C@H](c1ccc(F)cc1)n1cncc1CN1CCC(C)(C#N)CC1. The zero-order valence-electron chi connectivity index (χ0n) is 14.2. The molecule has 1 fully saturated rings. The molecule has 2 heterocycles. The van der Waals surface area contributed by atoms with Crippen LogP contribution in [-0.4, -0.2) is 27.5 Å². The van der Waals surface area contributed by atoms with Crippen LogP contribution in [0.3, 0.4) is 0 Å². The summed E-state index contributed by atoms with van der Waals surface area (Å²) in [5.74, 6) is -0.217. The number of hydrogen-bond donors (Lipinski definition) is 0. The summed E-state index contributed by atoms with van der Waals surface area (Å²) >= 11 is 0. The van der Waals surface area contributed by atoms with Gasteiger partial charge in [0.1, 0.15) is 5.82 Å². The van der Waals surface area contributed by atoms with Gasteiger partial charge in [0.15, 0.2) is 0 Å². The lowest BCUT2D eigenvalue weighted by molar-refractivity contribution is 0.147. The highest BCUT2D eigenvalue weighted by Crippen LogP contribution is 2.30. The number of rotatable bonds is 4. The average molecular weight is 326 g/mol. The van der Waals surface area contributed by atoms with Gasteiger partial charge in [-0.15, -0.1) is 0 Å². The van der Waals surface area contributed by atoms with Crippen LogP contribution in [0.15, 0.2) is 36.8 Å². The molecular weight excluding hydrogens is 303 g/mol. The van der Waals surface area contributed by atoms with E-state index in [2.05, 4.69) is 27.4 Å². The van der Waals surface area contributed by atoms with Crippen LogP contribution in [-0.2, 0) is 6.54 Å². The Morgan fingerprint density at radius 1 is 1.29 bits per heavy atom. The Kier molecular flexibility index (Phi) is 4.68. The first-order chi connectivity index (χ1) is 11.5. The summed E-state index contributed by atoms with van der Waals surface area (Å²) in [6, 6.07) is 9.19. The lowest BCUT2D eigenvalue weighted by atomic mass is 9.82. The molecule has 1 saturated heterocycles. The van der Waals surface area contributed by atoms with Crippen molar-refractivity contribution in [2.45, 2.75) is 39.3 Å². The third-order valence-corrected chi connectivity index (χ3v) is 5.13. The number of benzene rings is 1. The van der Waals surface area contributed by atoms with Crippen molar-refractivity contribution >= 4 is 0 Å². The van der Waals surface area contributed by atoms with Gasteiger partial charge in [-0.1, -0.05) is 12.1 Å². The summed E-state index contributed by atoms with van der Waals surface area (Å²) in [5, 5.41) is 9.25. The van der Waals surface area contributed by atoms with Gasteiger partial charge in [-0.3, -0.25) is 4.90 Å². The molecule has 0 radical (unpaired) electrons. The Balaban J connectivity index is 1.70. The molecule has 0 N–H and O–H groups in total. The van der Waals surface area contributed by atoms with Crippen LogP contribution in [0.2, 0.25) is 0 Å².